The van der Waals surface area contributed by atoms with Crippen LogP contribution < -0.4 is 11.1 Å². The third-order valence-corrected chi connectivity index (χ3v) is 4.90. The molecule has 2 saturated carbocycles. The summed E-state index contributed by atoms with van der Waals surface area (Å²) < 4.78 is 0. The van der Waals surface area contributed by atoms with Crippen molar-refractivity contribution in [2.75, 3.05) is 11.1 Å². The number of hydrogen-bond donors (Lipinski definition) is 2. The zero-order chi connectivity index (χ0) is 12.7. The van der Waals surface area contributed by atoms with Crippen LogP contribution in [0.5, 0.6) is 0 Å². The predicted octanol–water partition coefficient (Wildman–Crippen LogP) is 3.55. The zero-order valence-electron chi connectivity index (χ0n) is 10.7. The molecule has 0 amide bonds. The Hall–Kier alpha value is -0.960. The SMILES string of the molecule is CC(Nc1nc(Cl)ccc1N)C1CC2CCC1C2. The van der Waals surface area contributed by atoms with Crippen LogP contribution in [-0.2, 0) is 0 Å². The highest BCUT2D eigenvalue weighted by Crippen LogP contribution is 2.49. The summed E-state index contributed by atoms with van der Waals surface area (Å²) in [5.74, 6) is 3.37. The van der Waals surface area contributed by atoms with E-state index in [1.165, 1.54) is 25.7 Å². The largest absolute Gasteiger partial charge is 0.396 e. The molecule has 3 rings (SSSR count). The quantitative estimate of drug-likeness (QED) is 0.822. The molecule has 1 aromatic rings. The highest BCUT2D eigenvalue weighted by Gasteiger charge is 2.41. The van der Waals surface area contributed by atoms with Crippen molar-refractivity contribution in [1.82, 2.24) is 4.98 Å². The van der Waals surface area contributed by atoms with Crippen LogP contribution in [0.2, 0.25) is 5.15 Å². The van der Waals surface area contributed by atoms with Crippen molar-refractivity contribution in [3.8, 4) is 0 Å². The first-order valence-electron chi connectivity index (χ1n) is 6.82. The van der Waals surface area contributed by atoms with Gasteiger partial charge in [0.05, 0.1) is 5.69 Å². The van der Waals surface area contributed by atoms with Gasteiger partial charge >= 0.3 is 0 Å². The van der Waals surface area contributed by atoms with Gasteiger partial charge in [0.15, 0.2) is 5.82 Å². The van der Waals surface area contributed by atoms with Crippen molar-refractivity contribution >= 4 is 23.1 Å². The molecule has 2 aliphatic rings. The van der Waals surface area contributed by atoms with Gasteiger partial charge < -0.3 is 11.1 Å². The minimum atomic E-state index is 0.425. The summed E-state index contributed by atoms with van der Waals surface area (Å²) in [5.41, 5.74) is 6.60. The lowest BCUT2D eigenvalue weighted by Gasteiger charge is -2.29. The average molecular weight is 266 g/mol. The molecule has 3 N–H and O–H groups in total. The molecule has 18 heavy (non-hydrogen) atoms. The van der Waals surface area contributed by atoms with Gasteiger partial charge in [-0.2, -0.15) is 0 Å². The van der Waals surface area contributed by atoms with E-state index in [-0.39, 0.29) is 0 Å². The van der Waals surface area contributed by atoms with Crippen molar-refractivity contribution < 1.29 is 0 Å². The smallest absolute Gasteiger partial charge is 0.151 e. The van der Waals surface area contributed by atoms with Gasteiger partial charge in [-0.05, 0) is 56.1 Å². The lowest BCUT2D eigenvalue weighted by atomic mass is 9.84. The molecule has 2 fully saturated rings. The molecule has 98 valence electrons. The topological polar surface area (TPSA) is 50.9 Å². The maximum atomic E-state index is 5.93. The number of nitrogens with one attached hydrogen (secondary N) is 1. The van der Waals surface area contributed by atoms with Gasteiger partial charge in [0.1, 0.15) is 5.15 Å². The molecule has 0 aromatic carbocycles. The molecule has 2 bridgehead atoms. The van der Waals surface area contributed by atoms with Crippen molar-refractivity contribution in [1.29, 1.82) is 0 Å². The van der Waals surface area contributed by atoms with E-state index in [1.54, 1.807) is 6.07 Å². The van der Waals surface area contributed by atoms with E-state index in [1.807, 2.05) is 6.07 Å². The summed E-state index contributed by atoms with van der Waals surface area (Å²) >= 11 is 5.92. The van der Waals surface area contributed by atoms with Crippen LogP contribution in [0, 0.1) is 17.8 Å². The Labute approximate surface area is 113 Å². The van der Waals surface area contributed by atoms with Crippen molar-refractivity contribution in [3.05, 3.63) is 17.3 Å². The normalized spacial score (nSPS) is 31.6. The summed E-state index contributed by atoms with van der Waals surface area (Å²) in [5, 5.41) is 3.95. The van der Waals surface area contributed by atoms with Crippen molar-refractivity contribution in [2.45, 2.75) is 38.6 Å². The number of nitrogens with zero attached hydrogens (tertiary/aromatic N) is 1. The lowest BCUT2D eigenvalue weighted by Crippen LogP contribution is -2.30. The van der Waals surface area contributed by atoms with Crippen LogP contribution in [0.4, 0.5) is 11.5 Å². The van der Waals surface area contributed by atoms with Crippen LogP contribution in [0.15, 0.2) is 12.1 Å². The van der Waals surface area contributed by atoms with Gasteiger partial charge in [0, 0.05) is 6.04 Å². The second-order valence-electron chi connectivity index (χ2n) is 5.84. The summed E-state index contributed by atoms with van der Waals surface area (Å²) in [4.78, 5) is 4.28. The van der Waals surface area contributed by atoms with Gasteiger partial charge in [-0.15, -0.1) is 0 Å². The molecular formula is C14H20ClN3. The van der Waals surface area contributed by atoms with E-state index in [2.05, 4.69) is 17.2 Å². The number of hydrogen-bond acceptors (Lipinski definition) is 3. The van der Waals surface area contributed by atoms with Gasteiger partial charge in [-0.3, -0.25) is 0 Å². The molecule has 1 aromatic heterocycles. The standard InChI is InChI=1S/C14H20ClN3/c1-8(11-7-9-2-3-10(11)6-9)17-14-12(16)4-5-13(15)18-14/h4-5,8-11H,2-3,6-7,16H2,1H3,(H,17,18). The fraction of sp³-hybridized carbons (Fsp3) is 0.643. The summed E-state index contributed by atoms with van der Waals surface area (Å²) in [6.45, 7) is 2.24. The highest BCUT2D eigenvalue weighted by atomic mass is 35.5. The highest BCUT2D eigenvalue weighted by molar-refractivity contribution is 6.29. The van der Waals surface area contributed by atoms with Gasteiger partial charge in [0.2, 0.25) is 0 Å². The number of nitrogen functional groups attached to an aromatic ring is 1. The molecule has 0 radical (unpaired) electrons. The Kier molecular flexibility index (Phi) is 3.10. The molecule has 1 heterocycles. The maximum Gasteiger partial charge on any atom is 0.151 e. The van der Waals surface area contributed by atoms with Gasteiger partial charge in [-0.1, -0.05) is 18.0 Å². The first-order valence-corrected chi connectivity index (χ1v) is 7.20. The number of pyridine rings is 1. The molecule has 0 spiro atoms. The average Bonchev–Trinajstić information content (AvgIpc) is 2.96. The van der Waals surface area contributed by atoms with Gasteiger partial charge in [-0.25, -0.2) is 4.98 Å². The first-order chi connectivity index (χ1) is 8.63. The Balaban J connectivity index is 1.70. The maximum absolute atomic E-state index is 5.93. The number of anilines is 2. The van der Waals surface area contributed by atoms with Crippen molar-refractivity contribution in [3.63, 3.8) is 0 Å². The molecule has 4 unspecified atom stereocenters. The molecule has 0 saturated heterocycles. The van der Waals surface area contributed by atoms with E-state index < -0.39 is 0 Å². The third-order valence-electron chi connectivity index (χ3n) is 4.69. The number of fused-ring (bicyclic) bond motifs is 2. The first kappa shape index (κ1) is 12.1. The fourth-order valence-corrected chi connectivity index (χ4v) is 3.94. The number of aromatic nitrogens is 1. The summed E-state index contributed by atoms with van der Waals surface area (Å²) in [6, 6.07) is 3.96. The Morgan fingerprint density at radius 1 is 1.39 bits per heavy atom. The predicted molar refractivity (Wildman–Crippen MR) is 75.7 cm³/mol. The van der Waals surface area contributed by atoms with Crippen molar-refractivity contribution in [2.24, 2.45) is 17.8 Å². The molecule has 2 aliphatic carbocycles. The Morgan fingerprint density at radius 3 is 2.89 bits per heavy atom. The molecular weight excluding hydrogens is 246 g/mol. The van der Waals surface area contributed by atoms with E-state index in [0.717, 1.165) is 23.6 Å². The molecule has 4 atom stereocenters. The van der Waals surface area contributed by atoms with Crippen LogP contribution in [-0.4, -0.2) is 11.0 Å². The number of rotatable bonds is 3. The fourth-order valence-electron chi connectivity index (χ4n) is 3.79. The second-order valence-corrected chi connectivity index (χ2v) is 6.23. The van der Waals surface area contributed by atoms with E-state index in [4.69, 9.17) is 17.3 Å². The molecule has 3 nitrogen and oxygen atoms in total. The minimum Gasteiger partial charge on any atom is -0.396 e. The van der Waals surface area contributed by atoms with Crippen LogP contribution in [0.25, 0.3) is 0 Å². The lowest BCUT2D eigenvalue weighted by molar-refractivity contribution is 0.304. The van der Waals surface area contributed by atoms with Crippen LogP contribution in [0.3, 0.4) is 0 Å². The third kappa shape index (κ3) is 2.16. The monoisotopic (exact) mass is 265 g/mol. The van der Waals surface area contributed by atoms with E-state index >= 15 is 0 Å². The Bertz CT molecular complexity index is 449. The Morgan fingerprint density at radius 2 is 2.22 bits per heavy atom. The minimum absolute atomic E-state index is 0.425. The molecule has 0 aliphatic heterocycles. The second kappa shape index (κ2) is 4.61. The summed E-state index contributed by atoms with van der Waals surface area (Å²) in [6.07, 6.45) is 5.62. The number of nitrogens with two attached hydrogens (primary N) is 1. The zero-order valence-corrected chi connectivity index (χ0v) is 11.5. The van der Waals surface area contributed by atoms with Crippen LogP contribution >= 0.6 is 11.6 Å². The van der Waals surface area contributed by atoms with Crippen LogP contribution in [0.1, 0.15) is 32.6 Å². The molecule has 4 heteroatoms. The van der Waals surface area contributed by atoms with E-state index in [0.29, 0.717) is 16.9 Å². The number of halogens is 1. The van der Waals surface area contributed by atoms with E-state index in [9.17, 15) is 0 Å². The van der Waals surface area contributed by atoms with Gasteiger partial charge in [0.25, 0.3) is 0 Å². The summed E-state index contributed by atoms with van der Waals surface area (Å²) in [7, 11) is 0.